The predicted molar refractivity (Wildman–Crippen MR) is 72.2 cm³/mol. The van der Waals surface area contributed by atoms with E-state index in [0.29, 0.717) is 9.49 Å². The molecule has 0 amide bonds. The Morgan fingerprint density at radius 1 is 0.692 bits per heavy atom. The van der Waals surface area contributed by atoms with Gasteiger partial charge in [-0.05, 0) is 0 Å². The van der Waals surface area contributed by atoms with Crippen LogP contribution in [0.2, 0.25) is 9.88 Å². The van der Waals surface area contributed by atoms with Gasteiger partial charge in [-0.1, -0.05) is 0 Å². The fourth-order valence-corrected chi connectivity index (χ4v) is 41.0. The molecule has 0 aromatic rings. The van der Waals surface area contributed by atoms with Gasteiger partial charge >= 0.3 is 94.4 Å². The van der Waals surface area contributed by atoms with E-state index in [1.54, 1.807) is 0 Å². The zero-order valence-corrected chi connectivity index (χ0v) is 14.8. The maximum atomic E-state index is 2.53. The van der Waals surface area contributed by atoms with Crippen LogP contribution in [0.3, 0.4) is 0 Å². The SMILES string of the molecule is CC(C)(C)[S][Sn]([CH3])([CH3])[S]C(C)(C)C. The molecule has 0 aliphatic rings. The molecule has 0 spiro atoms. The Balaban J connectivity index is 4.25. The summed E-state index contributed by atoms with van der Waals surface area (Å²) in [6, 6.07) is 0. The van der Waals surface area contributed by atoms with Gasteiger partial charge < -0.3 is 0 Å². The number of hydrogen-bond acceptors (Lipinski definition) is 2. The minimum atomic E-state index is -1.88. The molecule has 3 heteroatoms. The fraction of sp³-hybridized carbons (Fsp3) is 1.00. The van der Waals surface area contributed by atoms with Crippen molar-refractivity contribution in [1.29, 1.82) is 0 Å². The van der Waals surface area contributed by atoms with Gasteiger partial charge in [-0.2, -0.15) is 0 Å². The Bertz CT molecular complexity index is 145. The molecule has 0 saturated heterocycles. The molecule has 0 aromatic heterocycles. The molecule has 0 fully saturated rings. The second-order valence-corrected chi connectivity index (χ2v) is 35.6. The zero-order valence-electron chi connectivity index (χ0n) is 10.3. The van der Waals surface area contributed by atoms with E-state index >= 15 is 0 Å². The summed E-state index contributed by atoms with van der Waals surface area (Å²) >= 11 is -1.88. The van der Waals surface area contributed by atoms with Crippen LogP contribution in [0, 0.1) is 0 Å². The van der Waals surface area contributed by atoms with Gasteiger partial charge in [0, 0.05) is 0 Å². The van der Waals surface area contributed by atoms with Crippen molar-refractivity contribution in [2.75, 3.05) is 0 Å². The molecular weight excluding hydrogens is 303 g/mol. The topological polar surface area (TPSA) is 0 Å². The molecule has 0 atom stereocenters. The van der Waals surface area contributed by atoms with Crippen LogP contribution in [0.25, 0.3) is 0 Å². The van der Waals surface area contributed by atoms with Gasteiger partial charge in [0.15, 0.2) is 0 Å². The Hall–Kier alpha value is 1.50. The molecule has 0 nitrogen and oxygen atoms in total. The van der Waals surface area contributed by atoms with Crippen LogP contribution in [-0.2, 0) is 0 Å². The second-order valence-electron chi connectivity index (χ2n) is 5.83. The minimum absolute atomic E-state index is 0.442. The monoisotopic (exact) mass is 328 g/mol. The molecule has 0 rings (SSSR count). The molecule has 0 heterocycles. The first kappa shape index (κ1) is 14.5. The van der Waals surface area contributed by atoms with E-state index in [9.17, 15) is 0 Å². The first-order valence-corrected chi connectivity index (χ1v) is 19.1. The van der Waals surface area contributed by atoms with Gasteiger partial charge in [-0.15, -0.1) is 0 Å². The van der Waals surface area contributed by atoms with Crippen LogP contribution >= 0.6 is 17.9 Å². The molecule has 80 valence electrons. The van der Waals surface area contributed by atoms with Crippen LogP contribution in [0.1, 0.15) is 41.5 Å². The molecule has 0 aliphatic heterocycles. The Labute approximate surface area is 93.8 Å². The summed E-state index contributed by atoms with van der Waals surface area (Å²) < 4.78 is 0.885. The second kappa shape index (κ2) is 4.56. The van der Waals surface area contributed by atoms with Gasteiger partial charge in [0.25, 0.3) is 0 Å². The summed E-state index contributed by atoms with van der Waals surface area (Å²) in [5, 5.41) is 0. The summed E-state index contributed by atoms with van der Waals surface area (Å²) in [7, 11) is 4.52. The third-order valence-corrected chi connectivity index (χ3v) is 25.6. The van der Waals surface area contributed by atoms with Crippen molar-refractivity contribution in [2.45, 2.75) is 60.9 Å². The van der Waals surface area contributed by atoms with Crippen molar-refractivity contribution in [1.82, 2.24) is 0 Å². The summed E-state index contributed by atoms with van der Waals surface area (Å²) in [5.41, 5.74) is 0. The average molecular weight is 327 g/mol. The van der Waals surface area contributed by atoms with Crippen LogP contribution in [-0.4, -0.2) is 25.1 Å². The zero-order chi connectivity index (χ0) is 10.9. The summed E-state index contributed by atoms with van der Waals surface area (Å²) in [6.07, 6.45) is 0. The van der Waals surface area contributed by atoms with Crippen molar-refractivity contribution < 1.29 is 0 Å². The summed E-state index contributed by atoms with van der Waals surface area (Å²) in [4.78, 5) is 5.06. The summed E-state index contributed by atoms with van der Waals surface area (Å²) in [5.74, 6) is 0. The van der Waals surface area contributed by atoms with Crippen LogP contribution in [0.4, 0.5) is 0 Å². The summed E-state index contributed by atoms with van der Waals surface area (Å²) in [6.45, 7) is 14.0. The van der Waals surface area contributed by atoms with Gasteiger partial charge in [0.05, 0.1) is 0 Å². The molecule has 0 aromatic carbocycles. The number of hydrogen-bond donors (Lipinski definition) is 0. The van der Waals surface area contributed by atoms with E-state index in [4.69, 9.17) is 0 Å². The Morgan fingerprint density at radius 2 is 0.923 bits per heavy atom. The van der Waals surface area contributed by atoms with E-state index in [0.717, 1.165) is 0 Å². The molecule has 0 saturated carbocycles. The van der Waals surface area contributed by atoms with Crippen molar-refractivity contribution in [3.05, 3.63) is 0 Å². The third-order valence-electron chi connectivity index (χ3n) is 1.10. The molecular formula is C10H24S2Sn. The Morgan fingerprint density at radius 3 is 1.08 bits per heavy atom. The molecule has 0 bridgehead atoms. The number of rotatable bonds is 2. The third kappa shape index (κ3) is 9.80. The first-order chi connectivity index (χ1) is 5.41. The molecule has 0 radical (unpaired) electrons. The van der Waals surface area contributed by atoms with Crippen molar-refractivity contribution in [3.8, 4) is 0 Å². The average Bonchev–Trinajstić information content (AvgIpc) is 1.43. The Kier molecular flexibility index (Phi) is 5.09. The molecule has 0 unspecified atom stereocenters. The van der Waals surface area contributed by atoms with Gasteiger partial charge in [0.2, 0.25) is 0 Å². The van der Waals surface area contributed by atoms with Gasteiger partial charge in [-0.3, -0.25) is 0 Å². The normalized spacial score (nSPS) is 14.8. The van der Waals surface area contributed by atoms with E-state index in [1.807, 2.05) is 0 Å². The molecule has 0 N–H and O–H groups in total. The quantitative estimate of drug-likeness (QED) is 0.671. The molecule has 0 aliphatic carbocycles. The van der Waals surface area contributed by atoms with E-state index < -0.39 is 15.6 Å². The van der Waals surface area contributed by atoms with Crippen LogP contribution in [0.5, 0.6) is 0 Å². The van der Waals surface area contributed by atoms with Crippen molar-refractivity contribution in [2.24, 2.45) is 0 Å². The van der Waals surface area contributed by atoms with Gasteiger partial charge in [0.1, 0.15) is 0 Å². The van der Waals surface area contributed by atoms with Gasteiger partial charge in [-0.25, -0.2) is 0 Å². The van der Waals surface area contributed by atoms with Crippen molar-refractivity contribution >= 4 is 33.5 Å². The maximum absolute atomic E-state index is 2.53. The first-order valence-electron chi connectivity index (χ1n) is 4.82. The molecule has 13 heavy (non-hydrogen) atoms. The van der Waals surface area contributed by atoms with Crippen LogP contribution < -0.4 is 0 Å². The predicted octanol–water partition coefficient (Wildman–Crippen LogP) is 4.75. The standard InChI is InChI=1S/2C4H10S.2CH3.Sn/c2*1-4(2,3)5;;;/h2*5H,1-3H3;2*1H3;/q;;;;+2/p-2. The van der Waals surface area contributed by atoms with E-state index in [2.05, 4.69) is 69.3 Å². The van der Waals surface area contributed by atoms with Crippen molar-refractivity contribution in [3.63, 3.8) is 0 Å². The van der Waals surface area contributed by atoms with E-state index in [-0.39, 0.29) is 0 Å². The van der Waals surface area contributed by atoms with Crippen LogP contribution in [0.15, 0.2) is 0 Å². The fourth-order valence-electron chi connectivity index (χ4n) is 1.50. The van der Waals surface area contributed by atoms with E-state index in [1.165, 1.54) is 0 Å².